The molecule has 0 spiro atoms. The summed E-state index contributed by atoms with van der Waals surface area (Å²) >= 11 is 0. The zero-order valence-corrected chi connectivity index (χ0v) is 19.6. The van der Waals surface area contributed by atoms with Crippen LogP contribution in [0.4, 0.5) is 0 Å². The highest BCUT2D eigenvalue weighted by Gasteiger charge is 2.71. The molecule has 1 saturated heterocycles. The minimum absolute atomic E-state index is 0.150. The average molecular weight is 439 g/mol. The molecule has 5 rings (SSSR count). The Hall–Kier alpha value is -1.98. The van der Waals surface area contributed by atoms with Crippen molar-refractivity contribution in [2.75, 3.05) is 0 Å². The van der Waals surface area contributed by atoms with Gasteiger partial charge >= 0.3 is 5.97 Å². The van der Waals surface area contributed by atoms with Crippen LogP contribution in [0.15, 0.2) is 42.0 Å². The molecule has 172 valence electrons. The largest absolute Gasteiger partial charge is 0.447 e. The number of aliphatic hydroxyl groups is 1. The quantitative estimate of drug-likeness (QED) is 0.549. The predicted octanol–water partition coefficient (Wildman–Crippen LogP) is 4.34. The van der Waals surface area contributed by atoms with Gasteiger partial charge in [0.05, 0.1) is 29.3 Å². The first-order valence-corrected chi connectivity index (χ1v) is 11.9. The summed E-state index contributed by atoms with van der Waals surface area (Å²) in [5, 5.41) is 11.2. The van der Waals surface area contributed by atoms with Crippen molar-refractivity contribution in [2.24, 2.45) is 29.1 Å². The molecule has 5 nitrogen and oxygen atoms in total. The van der Waals surface area contributed by atoms with E-state index in [4.69, 9.17) is 9.47 Å². The molecule has 5 heteroatoms. The van der Waals surface area contributed by atoms with Crippen molar-refractivity contribution < 1.29 is 24.2 Å². The molecule has 1 heterocycles. The maximum absolute atomic E-state index is 14.1. The molecule has 2 saturated carbocycles. The molecule has 3 aliphatic carbocycles. The number of epoxide rings is 1. The van der Waals surface area contributed by atoms with Gasteiger partial charge in [-0.3, -0.25) is 4.79 Å². The van der Waals surface area contributed by atoms with Crippen LogP contribution < -0.4 is 0 Å². The lowest BCUT2D eigenvalue weighted by Gasteiger charge is -2.35. The third kappa shape index (κ3) is 3.12. The van der Waals surface area contributed by atoms with Crippen LogP contribution >= 0.6 is 0 Å². The van der Waals surface area contributed by atoms with Crippen molar-refractivity contribution in [3.8, 4) is 0 Å². The first kappa shape index (κ1) is 21.8. The summed E-state index contributed by atoms with van der Waals surface area (Å²) in [4.78, 5) is 27.3. The Balaban J connectivity index is 1.60. The molecule has 32 heavy (non-hydrogen) atoms. The molecule has 0 aromatic heterocycles. The van der Waals surface area contributed by atoms with Gasteiger partial charge in [0.2, 0.25) is 5.78 Å². The van der Waals surface area contributed by atoms with E-state index in [9.17, 15) is 14.7 Å². The summed E-state index contributed by atoms with van der Waals surface area (Å²) in [6.45, 7) is 10.3. The fraction of sp³-hybridized carbons (Fsp3) is 0.630. The Morgan fingerprint density at radius 3 is 2.56 bits per heavy atom. The van der Waals surface area contributed by atoms with E-state index in [0.717, 1.165) is 12.8 Å². The number of esters is 1. The average Bonchev–Trinajstić information content (AvgIpc) is 3.52. The Morgan fingerprint density at radius 2 is 1.88 bits per heavy atom. The first-order valence-electron chi connectivity index (χ1n) is 11.9. The third-order valence-corrected chi connectivity index (χ3v) is 8.93. The van der Waals surface area contributed by atoms with Gasteiger partial charge in [0.15, 0.2) is 5.60 Å². The van der Waals surface area contributed by atoms with E-state index in [0.29, 0.717) is 29.4 Å². The normalized spacial score (nSPS) is 45.9. The van der Waals surface area contributed by atoms with Crippen molar-refractivity contribution in [1.29, 1.82) is 0 Å². The Morgan fingerprint density at radius 1 is 1.19 bits per heavy atom. The number of hydrogen-bond donors (Lipinski definition) is 1. The van der Waals surface area contributed by atoms with Gasteiger partial charge in [-0.25, -0.2) is 4.79 Å². The molecule has 0 amide bonds. The molecular formula is C27H34O5. The SMILES string of the molecule is C/C1=C/C2C(CC[C@]3(C)O[C@@H]3[C@H]3[C@@H](O)[C@H](C)C[C@]3(OC(=O)c3ccccc3)C1=O)C2(C)C. The standard InChI is InChI=1S/C27H34O5/c1-15-13-19-18(25(19,3)4)11-12-26(5)23(31-26)20-21(28)16(2)14-27(20,22(15)29)32-24(30)17-9-7-6-8-10-17/h6-10,13,16,18-21,23,28H,11-12,14H2,1-5H3/b15-13-/t16-,18?,19?,20-,21+,23-,26+,27-/m1/s1. The lowest BCUT2D eigenvalue weighted by Crippen LogP contribution is -2.52. The van der Waals surface area contributed by atoms with Crippen LogP contribution in [0.2, 0.25) is 0 Å². The minimum atomic E-state index is -1.42. The Bertz CT molecular complexity index is 981. The molecule has 1 N–H and O–H groups in total. The minimum Gasteiger partial charge on any atom is -0.447 e. The third-order valence-electron chi connectivity index (χ3n) is 8.93. The smallest absolute Gasteiger partial charge is 0.339 e. The number of allylic oxidation sites excluding steroid dienone is 1. The van der Waals surface area contributed by atoms with Gasteiger partial charge in [-0.2, -0.15) is 0 Å². The number of aliphatic hydroxyl groups excluding tert-OH is 1. The van der Waals surface area contributed by atoms with Gasteiger partial charge in [0.25, 0.3) is 0 Å². The molecular weight excluding hydrogens is 404 g/mol. The molecule has 1 aliphatic heterocycles. The molecule has 1 aromatic rings. The first-order chi connectivity index (χ1) is 15.0. The monoisotopic (exact) mass is 438 g/mol. The summed E-state index contributed by atoms with van der Waals surface area (Å²) < 4.78 is 12.4. The number of carbonyl (C=O) groups is 2. The number of Topliss-reactive ketones (excluding diaryl/α,β-unsaturated/α-hetero) is 1. The van der Waals surface area contributed by atoms with Gasteiger partial charge < -0.3 is 14.6 Å². The maximum atomic E-state index is 14.1. The molecule has 0 bridgehead atoms. The van der Waals surface area contributed by atoms with E-state index < -0.39 is 29.2 Å². The van der Waals surface area contributed by atoms with Crippen LogP contribution in [-0.4, -0.2) is 40.3 Å². The van der Waals surface area contributed by atoms with Crippen LogP contribution in [0.5, 0.6) is 0 Å². The van der Waals surface area contributed by atoms with E-state index >= 15 is 0 Å². The lowest BCUT2D eigenvalue weighted by molar-refractivity contribution is -0.141. The zero-order chi connectivity index (χ0) is 23.1. The number of ketones is 1. The topological polar surface area (TPSA) is 76.1 Å². The number of rotatable bonds is 2. The van der Waals surface area contributed by atoms with Crippen molar-refractivity contribution in [1.82, 2.24) is 0 Å². The highest BCUT2D eigenvalue weighted by Crippen LogP contribution is 2.64. The van der Waals surface area contributed by atoms with Crippen molar-refractivity contribution in [3.05, 3.63) is 47.5 Å². The molecule has 3 fully saturated rings. The number of carbonyl (C=O) groups excluding carboxylic acids is 2. The second-order valence-electron chi connectivity index (χ2n) is 11.4. The van der Waals surface area contributed by atoms with Crippen LogP contribution in [0, 0.1) is 29.1 Å². The molecule has 8 atom stereocenters. The van der Waals surface area contributed by atoms with Crippen LogP contribution in [0.25, 0.3) is 0 Å². The maximum Gasteiger partial charge on any atom is 0.339 e. The summed E-state index contributed by atoms with van der Waals surface area (Å²) in [5.41, 5.74) is -0.643. The summed E-state index contributed by atoms with van der Waals surface area (Å²) in [7, 11) is 0. The Labute approximate surface area is 190 Å². The van der Waals surface area contributed by atoms with E-state index in [1.165, 1.54) is 0 Å². The summed E-state index contributed by atoms with van der Waals surface area (Å²) in [6.07, 6.45) is 3.23. The van der Waals surface area contributed by atoms with Crippen molar-refractivity contribution in [2.45, 2.75) is 77.3 Å². The molecule has 1 aromatic carbocycles. The lowest BCUT2D eigenvalue weighted by atomic mass is 9.77. The highest BCUT2D eigenvalue weighted by molar-refractivity contribution is 6.04. The van der Waals surface area contributed by atoms with Gasteiger partial charge in [-0.05, 0) is 67.6 Å². The predicted molar refractivity (Wildman–Crippen MR) is 120 cm³/mol. The summed E-state index contributed by atoms with van der Waals surface area (Å²) in [6, 6.07) is 8.77. The van der Waals surface area contributed by atoms with Crippen molar-refractivity contribution in [3.63, 3.8) is 0 Å². The van der Waals surface area contributed by atoms with Gasteiger partial charge in [-0.1, -0.05) is 45.0 Å². The van der Waals surface area contributed by atoms with Crippen LogP contribution in [0.3, 0.4) is 0 Å². The van der Waals surface area contributed by atoms with Gasteiger partial charge in [0, 0.05) is 6.42 Å². The van der Waals surface area contributed by atoms with Gasteiger partial charge in [0.1, 0.15) is 0 Å². The fourth-order valence-corrected chi connectivity index (χ4v) is 6.69. The second kappa shape index (κ2) is 7.01. The van der Waals surface area contributed by atoms with E-state index in [-0.39, 0.29) is 23.2 Å². The molecule has 0 radical (unpaired) electrons. The van der Waals surface area contributed by atoms with E-state index in [2.05, 4.69) is 26.8 Å². The molecule has 2 unspecified atom stereocenters. The number of fused-ring (bicyclic) bond motifs is 4. The Kier molecular flexibility index (Phi) is 4.78. The van der Waals surface area contributed by atoms with E-state index in [1.807, 2.05) is 19.9 Å². The van der Waals surface area contributed by atoms with Crippen LogP contribution in [-0.2, 0) is 14.3 Å². The number of ether oxygens (including phenoxy) is 2. The number of hydrogen-bond acceptors (Lipinski definition) is 5. The highest BCUT2D eigenvalue weighted by atomic mass is 16.6. The molecule has 4 aliphatic rings. The van der Waals surface area contributed by atoms with Crippen LogP contribution in [0.1, 0.15) is 64.2 Å². The summed E-state index contributed by atoms with van der Waals surface area (Å²) in [5.74, 6) is -0.627. The van der Waals surface area contributed by atoms with Crippen molar-refractivity contribution >= 4 is 11.8 Å². The number of benzene rings is 1. The van der Waals surface area contributed by atoms with Gasteiger partial charge in [-0.15, -0.1) is 0 Å². The second-order valence-corrected chi connectivity index (χ2v) is 11.4. The zero-order valence-electron chi connectivity index (χ0n) is 19.6. The fourth-order valence-electron chi connectivity index (χ4n) is 6.69. The van der Waals surface area contributed by atoms with E-state index in [1.54, 1.807) is 24.3 Å².